The molecule has 5 nitrogen and oxygen atoms in total. The molecule has 1 aromatic rings. The Bertz CT molecular complexity index is 424. The lowest BCUT2D eigenvalue weighted by atomic mass is 10.3. The molecule has 94 valence electrons. The smallest absolute Gasteiger partial charge is 0.338 e. The van der Waals surface area contributed by atoms with Gasteiger partial charge in [0.25, 0.3) is 0 Å². The third-order valence-electron chi connectivity index (χ3n) is 2.36. The second-order valence-corrected chi connectivity index (χ2v) is 4.76. The van der Waals surface area contributed by atoms with E-state index in [0.29, 0.717) is 18.1 Å². The third kappa shape index (κ3) is 3.20. The number of amides is 2. The first-order valence-corrected chi connectivity index (χ1v) is 6.20. The van der Waals surface area contributed by atoms with Crippen molar-refractivity contribution in [3.8, 4) is 0 Å². The summed E-state index contributed by atoms with van der Waals surface area (Å²) in [6.07, 6.45) is 0. The zero-order valence-electron chi connectivity index (χ0n) is 10.1. The fraction of sp³-hybridized carbons (Fsp3) is 0.455. The number of carboxylic acids is 1. The largest absolute Gasteiger partial charge is 0.478 e. The van der Waals surface area contributed by atoms with Crippen LogP contribution in [0.15, 0.2) is 6.07 Å². The van der Waals surface area contributed by atoms with Crippen LogP contribution in [-0.4, -0.2) is 35.1 Å². The topological polar surface area (TPSA) is 69.6 Å². The molecule has 1 rings (SSSR count). The van der Waals surface area contributed by atoms with Gasteiger partial charge in [-0.05, 0) is 26.8 Å². The Morgan fingerprint density at radius 2 is 2.00 bits per heavy atom. The van der Waals surface area contributed by atoms with Crippen LogP contribution < -0.4 is 5.32 Å². The van der Waals surface area contributed by atoms with Crippen molar-refractivity contribution >= 4 is 28.3 Å². The van der Waals surface area contributed by atoms with Gasteiger partial charge in [0.15, 0.2) is 0 Å². The summed E-state index contributed by atoms with van der Waals surface area (Å²) in [5.74, 6) is -1.02. The van der Waals surface area contributed by atoms with E-state index in [2.05, 4.69) is 5.32 Å². The molecule has 0 atom stereocenters. The Morgan fingerprint density at radius 1 is 1.41 bits per heavy atom. The van der Waals surface area contributed by atoms with Gasteiger partial charge in [-0.3, -0.25) is 5.32 Å². The molecule has 0 radical (unpaired) electrons. The van der Waals surface area contributed by atoms with Crippen LogP contribution in [0.2, 0.25) is 0 Å². The van der Waals surface area contributed by atoms with Gasteiger partial charge in [0.2, 0.25) is 0 Å². The summed E-state index contributed by atoms with van der Waals surface area (Å²) in [4.78, 5) is 25.2. The first-order valence-electron chi connectivity index (χ1n) is 5.39. The van der Waals surface area contributed by atoms with Crippen LogP contribution in [0.3, 0.4) is 0 Å². The number of hydrogen-bond donors (Lipinski definition) is 2. The van der Waals surface area contributed by atoms with Crippen LogP contribution in [0.4, 0.5) is 9.80 Å². The van der Waals surface area contributed by atoms with Gasteiger partial charge in [0.1, 0.15) is 5.00 Å². The maximum atomic E-state index is 11.8. The molecule has 0 bridgehead atoms. The van der Waals surface area contributed by atoms with Crippen LogP contribution in [-0.2, 0) is 0 Å². The highest BCUT2D eigenvalue weighted by Gasteiger charge is 2.17. The molecule has 0 saturated heterocycles. The summed E-state index contributed by atoms with van der Waals surface area (Å²) in [7, 11) is 0. The zero-order chi connectivity index (χ0) is 13.0. The van der Waals surface area contributed by atoms with Gasteiger partial charge in [0, 0.05) is 18.0 Å². The van der Waals surface area contributed by atoms with Crippen molar-refractivity contribution in [2.24, 2.45) is 0 Å². The molecule has 2 N–H and O–H groups in total. The summed E-state index contributed by atoms with van der Waals surface area (Å²) in [6.45, 7) is 6.75. The average Bonchev–Trinajstić information content (AvgIpc) is 2.61. The predicted molar refractivity (Wildman–Crippen MR) is 68.0 cm³/mol. The number of carbonyl (C=O) groups is 2. The van der Waals surface area contributed by atoms with Gasteiger partial charge in [-0.15, -0.1) is 11.3 Å². The average molecular weight is 256 g/mol. The molecule has 0 unspecified atom stereocenters. The van der Waals surface area contributed by atoms with E-state index in [9.17, 15) is 9.59 Å². The Labute approximate surface area is 104 Å². The maximum absolute atomic E-state index is 11.8. The summed E-state index contributed by atoms with van der Waals surface area (Å²) < 4.78 is 0. The molecule has 0 spiro atoms. The normalized spacial score (nSPS) is 10.1. The molecule has 0 aliphatic rings. The lowest BCUT2D eigenvalue weighted by Crippen LogP contribution is -2.34. The number of carboxylic acid groups (broad SMARTS) is 1. The van der Waals surface area contributed by atoms with Crippen LogP contribution in [0.25, 0.3) is 0 Å². The number of aromatic carboxylic acids is 1. The summed E-state index contributed by atoms with van der Waals surface area (Å²) >= 11 is 1.27. The highest BCUT2D eigenvalue weighted by atomic mass is 32.1. The predicted octanol–water partition coefficient (Wildman–Crippen LogP) is 2.63. The van der Waals surface area contributed by atoms with E-state index in [1.54, 1.807) is 11.0 Å². The number of rotatable bonds is 4. The summed E-state index contributed by atoms with van der Waals surface area (Å²) in [5, 5.41) is 12.0. The molecule has 6 heteroatoms. The van der Waals surface area contributed by atoms with E-state index in [-0.39, 0.29) is 11.6 Å². The van der Waals surface area contributed by atoms with Crippen molar-refractivity contribution in [1.29, 1.82) is 0 Å². The number of urea groups is 1. The standard InChI is InChI=1S/C11H16N2O3S/c1-4-13(5-2)11(16)12-9-8(10(14)15)6-7(3)17-9/h6H,4-5H2,1-3H3,(H,12,16)(H,14,15). The van der Waals surface area contributed by atoms with Crippen LogP contribution in [0.1, 0.15) is 29.1 Å². The van der Waals surface area contributed by atoms with Gasteiger partial charge in [0.05, 0.1) is 5.56 Å². The molecule has 0 saturated carbocycles. The van der Waals surface area contributed by atoms with Crippen molar-refractivity contribution in [2.45, 2.75) is 20.8 Å². The van der Waals surface area contributed by atoms with Gasteiger partial charge < -0.3 is 10.0 Å². The number of nitrogens with one attached hydrogen (secondary N) is 1. The minimum Gasteiger partial charge on any atom is -0.478 e. The number of hydrogen-bond acceptors (Lipinski definition) is 3. The lowest BCUT2D eigenvalue weighted by molar-refractivity contribution is 0.0698. The van der Waals surface area contributed by atoms with Crippen molar-refractivity contribution in [2.75, 3.05) is 18.4 Å². The molecule has 2 amide bonds. The molecule has 0 fully saturated rings. The Hall–Kier alpha value is -1.56. The van der Waals surface area contributed by atoms with E-state index in [4.69, 9.17) is 5.11 Å². The monoisotopic (exact) mass is 256 g/mol. The molecular weight excluding hydrogens is 240 g/mol. The van der Waals surface area contributed by atoms with Gasteiger partial charge in [-0.2, -0.15) is 0 Å². The van der Waals surface area contributed by atoms with Crippen LogP contribution >= 0.6 is 11.3 Å². The molecule has 0 aliphatic carbocycles. The van der Waals surface area contributed by atoms with Gasteiger partial charge in [-0.1, -0.05) is 0 Å². The highest BCUT2D eigenvalue weighted by molar-refractivity contribution is 7.16. The Balaban J connectivity index is 2.87. The molecule has 17 heavy (non-hydrogen) atoms. The number of aryl methyl sites for hydroxylation is 1. The minimum absolute atomic E-state index is 0.146. The minimum atomic E-state index is -1.02. The van der Waals surface area contributed by atoms with E-state index < -0.39 is 5.97 Å². The highest BCUT2D eigenvalue weighted by Crippen LogP contribution is 2.27. The Morgan fingerprint density at radius 3 is 2.47 bits per heavy atom. The molecule has 0 aliphatic heterocycles. The first kappa shape index (κ1) is 13.5. The quantitative estimate of drug-likeness (QED) is 0.870. The SMILES string of the molecule is CCN(CC)C(=O)Nc1sc(C)cc1C(=O)O. The first-order chi connectivity index (χ1) is 7.99. The van der Waals surface area contributed by atoms with Gasteiger partial charge >= 0.3 is 12.0 Å². The van der Waals surface area contributed by atoms with Crippen LogP contribution in [0, 0.1) is 6.92 Å². The van der Waals surface area contributed by atoms with Crippen molar-refractivity contribution in [3.63, 3.8) is 0 Å². The summed E-state index contributed by atoms with van der Waals surface area (Å²) in [5.41, 5.74) is 0.146. The van der Waals surface area contributed by atoms with E-state index in [1.807, 2.05) is 20.8 Å². The third-order valence-corrected chi connectivity index (χ3v) is 3.32. The molecule has 0 aromatic carbocycles. The van der Waals surface area contributed by atoms with E-state index in [0.717, 1.165) is 4.88 Å². The van der Waals surface area contributed by atoms with E-state index in [1.165, 1.54) is 11.3 Å². The number of nitrogens with zero attached hydrogens (tertiary/aromatic N) is 1. The lowest BCUT2D eigenvalue weighted by Gasteiger charge is -2.18. The molecule has 1 aromatic heterocycles. The Kier molecular flexibility index (Phi) is 4.51. The van der Waals surface area contributed by atoms with E-state index >= 15 is 0 Å². The van der Waals surface area contributed by atoms with Crippen molar-refractivity contribution < 1.29 is 14.7 Å². The fourth-order valence-electron chi connectivity index (χ4n) is 1.45. The fourth-order valence-corrected chi connectivity index (χ4v) is 2.35. The van der Waals surface area contributed by atoms with Gasteiger partial charge in [-0.25, -0.2) is 9.59 Å². The number of anilines is 1. The van der Waals surface area contributed by atoms with Crippen molar-refractivity contribution in [1.82, 2.24) is 4.90 Å². The maximum Gasteiger partial charge on any atom is 0.338 e. The molecular formula is C11H16N2O3S. The van der Waals surface area contributed by atoms with Crippen LogP contribution in [0.5, 0.6) is 0 Å². The number of thiophene rings is 1. The zero-order valence-corrected chi connectivity index (χ0v) is 10.9. The summed E-state index contributed by atoms with van der Waals surface area (Å²) in [6, 6.07) is 1.30. The second kappa shape index (κ2) is 5.67. The molecule has 1 heterocycles. The number of carbonyl (C=O) groups excluding carboxylic acids is 1. The van der Waals surface area contributed by atoms with Crippen molar-refractivity contribution in [3.05, 3.63) is 16.5 Å². The second-order valence-electron chi connectivity index (χ2n) is 3.51.